The summed E-state index contributed by atoms with van der Waals surface area (Å²) in [7, 11) is 0. The maximum Gasteiger partial charge on any atom is 0.190 e. The van der Waals surface area contributed by atoms with E-state index in [0.717, 1.165) is 23.5 Å². The van der Waals surface area contributed by atoms with Crippen LogP contribution < -0.4 is 4.80 Å². The Morgan fingerprint density at radius 1 is 0.917 bits per heavy atom. The number of hydrogen-bond acceptors (Lipinski definition) is 2. The first-order chi connectivity index (χ1) is 11.7. The topological polar surface area (TPSA) is 17.3 Å². The number of benzene rings is 2. The lowest BCUT2D eigenvalue weighted by atomic mass is 10.1. The van der Waals surface area contributed by atoms with Crippen molar-refractivity contribution in [1.82, 2.24) is 4.57 Å². The van der Waals surface area contributed by atoms with E-state index < -0.39 is 0 Å². The van der Waals surface area contributed by atoms with Gasteiger partial charge in [-0.1, -0.05) is 60.9 Å². The Morgan fingerprint density at radius 3 is 2.17 bits per heavy atom. The standard InChI is InChI=1S/C21H24N2S/c1-4-5-14-23-20(18-10-6-16(2)7-11-18)15-24-21(23)22-19-12-8-17(3)9-13-19/h6-13,15H,4-5,14H2,1-3H3. The van der Waals surface area contributed by atoms with Crippen molar-refractivity contribution >= 4 is 17.0 Å². The van der Waals surface area contributed by atoms with E-state index in [-0.39, 0.29) is 0 Å². The molecule has 0 saturated carbocycles. The molecule has 2 nitrogen and oxygen atoms in total. The van der Waals surface area contributed by atoms with E-state index >= 15 is 0 Å². The van der Waals surface area contributed by atoms with Crippen LogP contribution in [0.1, 0.15) is 30.9 Å². The Morgan fingerprint density at radius 2 is 1.54 bits per heavy atom. The van der Waals surface area contributed by atoms with Crippen LogP contribution in [0.2, 0.25) is 0 Å². The molecule has 0 amide bonds. The number of unbranched alkanes of at least 4 members (excludes halogenated alkanes) is 1. The Bertz CT molecular complexity index is 852. The zero-order valence-electron chi connectivity index (χ0n) is 14.6. The first-order valence-corrected chi connectivity index (χ1v) is 9.42. The average molecular weight is 337 g/mol. The molecule has 1 aromatic heterocycles. The third kappa shape index (κ3) is 3.85. The van der Waals surface area contributed by atoms with E-state index in [4.69, 9.17) is 4.99 Å². The monoisotopic (exact) mass is 336 g/mol. The SMILES string of the molecule is CCCCn1c(-c2ccc(C)cc2)csc1=Nc1ccc(C)cc1. The lowest BCUT2D eigenvalue weighted by Crippen LogP contribution is -2.15. The summed E-state index contributed by atoms with van der Waals surface area (Å²) in [6.45, 7) is 7.47. The predicted octanol–water partition coefficient (Wildman–Crippen LogP) is 5.87. The second-order valence-corrected chi connectivity index (χ2v) is 7.06. The molecular formula is C21H24N2S. The fraction of sp³-hybridized carbons (Fsp3) is 0.286. The van der Waals surface area contributed by atoms with E-state index in [1.54, 1.807) is 11.3 Å². The van der Waals surface area contributed by atoms with Crippen molar-refractivity contribution in [2.24, 2.45) is 4.99 Å². The molecule has 3 rings (SSSR count). The fourth-order valence-electron chi connectivity index (χ4n) is 2.64. The normalized spacial score (nSPS) is 11.9. The second-order valence-electron chi connectivity index (χ2n) is 6.22. The van der Waals surface area contributed by atoms with Gasteiger partial charge in [-0.05, 0) is 38.0 Å². The third-order valence-electron chi connectivity index (χ3n) is 4.14. The molecule has 124 valence electrons. The largest absolute Gasteiger partial charge is 0.316 e. The molecule has 0 saturated heterocycles. The molecule has 0 aliphatic heterocycles. The van der Waals surface area contributed by atoms with Gasteiger partial charge in [0, 0.05) is 11.9 Å². The van der Waals surface area contributed by atoms with Gasteiger partial charge in [-0.2, -0.15) is 0 Å². The Kier molecular flexibility index (Phi) is 5.31. The molecule has 0 radical (unpaired) electrons. The number of aryl methyl sites for hydroxylation is 2. The zero-order valence-corrected chi connectivity index (χ0v) is 15.4. The van der Waals surface area contributed by atoms with Crippen molar-refractivity contribution in [3.8, 4) is 11.3 Å². The Balaban J connectivity index is 2.06. The van der Waals surface area contributed by atoms with E-state index in [9.17, 15) is 0 Å². The van der Waals surface area contributed by atoms with E-state index in [1.165, 1.54) is 28.8 Å². The molecule has 3 heteroatoms. The van der Waals surface area contributed by atoms with Gasteiger partial charge in [-0.25, -0.2) is 4.99 Å². The molecular weight excluding hydrogens is 312 g/mol. The van der Waals surface area contributed by atoms with Crippen molar-refractivity contribution in [1.29, 1.82) is 0 Å². The van der Waals surface area contributed by atoms with Crippen LogP contribution >= 0.6 is 11.3 Å². The molecule has 24 heavy (non-hydrogen) atoms. The third-order valence-corrected chi connectivity index (χ3v) is 5.00. The highest BCUT2D eigenvalue weighted by Gasteiger charge is 2.08. The van der Waals surface area contributed by atoms with Gasteiger partial charge < -0.3 is 4.57 Å². The Labute approximate surface area is 148 Å². The fourth-order valence-corrected chi connectivity index (χ4v) is 3.59. The van der Waals surface area contributed by atoms with Gasteiger partial charge >= 0.3 is 0 Å². The lowest BCUT2D eigenvalue weighted by Gasteiger charge is -2.09. The summed E-state index contributed by atoms with van der Waals surface area (Å²) < 4.78 is 2.36. The van der Waals surface area contributed by atoms with Crippen LogP contribution in [0.3, 0.4) is 0 Å². The minimum absolute atomic E-state index is 1.01. The molecule has 0 aliphatic rings. The van der Waals surface area contributed by atoms with E-state index in [0.29, 0.717) is 0 Å². The van der Waals surface area contributed by atoms with E-state index in [1.807, 2.05) is 0 Å². The number of rotatable bonds is 5. The minimum Gasteiger partial charge on any atom is -0.316 e. The van der Waals surface area contributed by atoms with Gasteiger partial charge in [0.2, 0.25) is 0 Å². The van der Waals surface area contributed by atoms with E-state index in [2.05, 4.69) is 79.2 Å². The summed E-state index contributed by atoms with van der Waals surface area (Å²) in [5.41, 5.74) is 6.10. The molecule has 0 unspecified atom stereocenters. The van der Waals surface area contributed by atoms with Gasteiger partial charge in [0.25, 0.3) is 0 Å². The Hall–Kier alpha value is -2.13. The van der Waals surface area contributed by atoms with Crippen LogP contribution in [0.4, 0.5) is 5.69 Å². The van der Waals surface area contributed by atoms with Crippen LogP contribution in [-0.4, -0.2) is 4.57 Å². The smallest absolute Gasteiger partial charge is 0.190 e. The van der Waals surface area contributed by atoms with Crippen molar-refractivity contribution in [3.05, 3.63) is 69.8 Å². The molecule has 0 fully saturated rings. The molecule has 0 atom stereocenters. The summed E-state index contributed by atoms with van der Waals surface area (Å²) in [5.74, 6) is 0. The first kappa shape index (κ1) is 16.7. The van der Waals surface area contributed by atoms with Gasteiger partial charge in [0.15, 0.2) is 4.80 Å². The van der Waals surface area contributed by atoms with Gasteiger partial charge in [0.1, 0.15) is 0 Å². The number of nitrogens with zero attached hydrogens (tertiary/aromatic N) is 2. The van der Waals surface area contributed by atoms with Gasteiger partial charge in [0.05, 0.1) is 11.4 Å². The predicted molar refractivity (Wildman–Crippen MR) is 104 cm³/mol. The van der Waals surface area contributed by atoms with Crippen LogP contribution in [-0.2, 0) is 6.54 Å². The molecule has 0 bridgehead atoms. The highest BCUT2D eigenvalue weighted by Crippen LogP contribution is 2.22. The first-order valence-electron chi connectivity index (χ1n) is 8.54. The highest BCUT2D eigenvalue weighted by molar-refractivity contribution is 7.07. The summed E-state index contributed by atoms with van der Waals surface area (Å²) in [6.07, 6.45) is 2.34. The molecule has 0 aliphatic carbocycles. The molecule has 3 aromatic rings. The van der Waals surface area contributed by atoms with Crippen molar-refractivity contribution < 1.29 is 0 Å². The van der Waals surface area contributed by atoms with Gasteiger partial charge in [-0.15, -0.1) is 11.3 Å². The zero-order chi connectivity index (χ0) is 16.9. The average Bonchev–Trinajstić information content (AvgIpc) is 2.98. The van der Waals surface area contributed by atoms with Crippen molar-refractivity contribution in [2.75, 3.05) is 0 Å². The van der Waals surface area contributed by atoms with Crippen LogP contribution in [0.25, 0.3) is 11.3 Å². The second kappa shape index (κ2) is 7.63. The summed E-state index contributed by atoms with van der Waals surface area (Å²) in [6, 6.07) is 17.2. The molecule has 1 heterocycles. The minimum atomic E-state index is 1.01. The summed E-state index contributed by atoms with van der Waals surface area (Å²) in [4.78, 5) is 5.95. The number of aromatic nitrogens is 1. The molecule has 2 aromatic carbocycles. The number of hydrogen-bond donors (Lipinski definition) is 0. The van der Waals surface area contributed by atoms with Crippen LogP contribution in [0, 0.1) is 13.8 Å². The highest BCUT2D eigenvalue weighted by atomic mass is 32.1. The maximum atomic E-state index is 4.88. The summed E-state index contributed by atoms with van der Waals surface area (Å²) >= 11 is 1.72. The van der Waals surface area contributed by atoms with Crippen LogP contribution in [0.15, 0.2) is 58.9 Å². The lowest BCUT2D eigenvalue weighted by molar-refractivity contribution is 0.624. The maximum absolute atomic E-state index is 4.88. The van der Waals surface area contributed by atoms with Crippen molar-refractivity contribution in [3.63, 3.8) is 0 Å². The molecule has 0 N–H and O–H groups in total. The van der Waals surface area contributed by atoms with Gasteiger partial charge in [-0.3, -0.25) is 0 Å². The van der Waals surface area contributed by atoms with Crippen LogP contribution in [0.5, 0.6) is 0 Å². The summed E-state index contributed by atoms with van der Waals surface area (Å²) in [5, 5.41) is 2.23. The quantitative estimate of drug-likeness (QED) is 0.555. The molecule has 0 spiro atoms. The van der Waals surface area contributed by atoms with Crippen molar-refractivity contribution in [2.45, 2.75) is 40.2 Å². The number of thiazole rings is 1.